The predicted molar refractivity (Wildman–Crippen MR) is 96.0 cm³/mol. The molecular weight excluding hydrogens is 314 g/mol. The molecule has 5 heteroatoms. The molecule has 0 atom stereocenters. The molecule has 2 aliphatic rings. The first-order chi connectivity index (χ1) is 12.2. The highest BCUT2D eigenvalue weighted by atomic mass is 16.5. The summed E-state index contributed by atoms with van der Waals surface area (Å²) in [5.74, 6) is 3.05. The van der Waals surface area contributed by atoms with Crippen molar-refractivity contribution in [1.29, 1.82) is 5.26 Å². The summed E-state index contributed by atoms with van der Waals surface area (Å²) in [6.45, 7) is 2.09. The zero-order chi connectivity index (χ0) is 17.6. The summed E-state index contributed by atoms with van der Waals surface area (Å²) < 4.78 is 4.80. The third-order valence-electron chi connectivity index (χ3n) is 5.98. The van der Waals surface area contributed by atoms with Crippen LogP contribution < -0.4 is 4.90 Å². The van der Waals surface area contributed by atoms with E-state index in [1.54, 1.807) is 6.20 Å². The maximum Gasteiger partial charge on any atom is 0.305 e. The number of anilines is 1. The molecular formula is C20H27N3O2. The second-order valence-electron chi connectivity index (χ2n) is 7.40. The first kappa shape index (κ1) is 17.7. The number of piperidine rings is 1. The Morgan fingerprint density at radius 3 is 2.44 bits per heavy atom. The Bertz CT molecular complexity index is 607. The molecule has 1 aromatic rings. The van der Waals surface area contributed by atoms with Crippen molar-refractivity contribution < 1.29 is 9.53 Å². The number of esters is 1. The van der Waals surface area contributed by atoms with E-state index in [4.69, 9.17) is 10.00 Å². The van der Waals surface area contributed by atoms with Gasteiger partial charge in [-0.05, 0) is 68.4 Å². The van der Waals surface area contributed by atoms with Gasteiger partial charge in [-0.15, -0.1) is 0 Å². The zero-order valence-corrected chi connectivity index (χ0v) is 15.0. The number of hydrogen-bond donors (Lipinski definition) is 0. The van der Waals surface area contributed by atoms with Crippen LogP contribution in [0.5, 0.6) is 0 Å². The Morgan fingerprint density at radius 2 is 1.88 bits per heavy atom. The molecule has 0 N–H and O–H groups in total. The topological polar surface area (TPSA) is 66.2 Å². The molecule has 0 radical (unpaired) electrons. The minimum absolute atomic E-state index is 0.0633. The van der Waals surface area contributed by atoms with E-state index < -0.39 is 0 Å². The SMILES string of the molecule is COC(=O)CC1CCC(C2CCN(c3ccc(C#N)cn3)CC2)CC1. The van der Waals surface area contributed by atoms with Crippen molar-refractivity contribution in [1.82, 2.24) is 4.98 Å². The summed E-state index contributed by atoms with van der Waals surface area (Å²) in [4.78, 5) is 18.2. The highest BCUT2D eigenvalue weighted by molar-refractivity contribution is 5.69. The van der Waals surface area contributed by atoms with Gasteiger partial charge >= 0.3 is 5.97 Å². The monoisotopic (exact) mass is 341 g/mol. The number of methoxy groups -OCH3 is 1. The Kier molecular flexibility index (Phi) is 5.91. The third kappa shape index (κ3) is 4.50. The lowest BCUT2D eigenvalue weighted by molar-refractivity contribution is -0.142. The molecule has 1 aliphatic heterocycles. The zero-order valence-electron chi connectivity index (χ0n) is 15.0. The number of aromatic nitrogens is 1. The van der Waals surface area contributed by atoms with Gasteiger partial charge in [-0.25, -0.2) is 4.98 Å². The van der Waals surface area contributed by atoms with Gasteiger partial charge in [-0.2, -0.15) is 5.26 Å². The minimum Gasteiger partial charge on any atom is -0.469 e. The lowest BCUT2D eigenvalue weighted by Gasteiger charge is -2.39. The largest absolute Gasteiger partial charge is 0.469 e. The van der Waals surface area contributed by atoms with Gasteiger partial charge in [0.25, 0.3) is 0 Å². The maximum absolute atomic E-state index is 11.4. The van der Waals surface area contributed by atoms with Crippen LogP contribution in [0.4, 0.5) is 5.82 Å². The van der Waals surface area contributed by atoms with Gasteiger partial charge in [-0.1, -0.05) is 0 Å². The number of nitriles is 1. The van der Waals surface area contributed by atoms with Crippen molar-refractivity contribution in [3.05, 3.63) is 23.9 Å². The van der Waals surface area contributed by atoms with Crippen LogP contribution >= 0.6 is 0 Å². The molecule has 1 aliphatic carbocycles. The van der Waals surface area contributed by atoms with Gasteiger partial charge in [0, 0.05) is 25.7 Å². The molecule has 0 aromatic carbocycles. The van der Waals surface area contributed by atoms with Crippen LogP contribution in [0.3, 0.4) is 0 Å². The molecule has 3 rings (SSSR count). The molecule has 25 heavy (non-hydrogen) atoms. The normalized spacial score (nSPS) is 24.6. The van der Waals surface area contributed by atoms with Gasteiger partial charge in [-0.3, -0.25) is 4.79 Å². The molecule has 2 heterocycles. The molecule has 134 valence electrons. The van der Waals surface area contributed by atoms with Crippen LogP contribution in [0.15, 0.2) is 18.3 Å². The van der Waals surface area contributed by atoms with Crippen LogP contribution in [0.2, 0.25) is 0 Å². The fourth-order valence-electron chi connectivity index (χ4n) is 4.42. The molecule has 1 saturated carbocycles. The number of carbonyl (C=O) groups is 1. The second kappa shape index (κ2) is 8.33. The molecule has 1 aromatic heterocycles. The summed E-state index contributed by atoms with van der Waals surface area (Å²) >= 11 is 0. The first-order valence-electron chi connectivity index (χ1n) is 9.37. The van der Waals surface area contributed by atoms with Crippen molar-refractivity contribution >= 4 is 11.8 Å². The summed E-state index contributed by atoms with van der Waals surface area (Å²) in [6.07, 6.45) is 9.51. The standard InChI is InChI=1S/C20H27N3O2/c1-25-20(24)12-15-2-5-17(6-3-15)18-8-10-23(11-9-18)19-7-4-16(13-21)14-22-19/h4,7,14-15,17-18H,2-3,5-6,8-12H2,1H3. The van der Waals surface area contributed by atoms with E-state index in [1.165, 1.54) is 32.8 Å². The summed E-state index contributed by atoms with van der Waals surface area (Å²) in [5.41, 5.74) is 0.613. The van der Waals surface area contributed by atoms with E-state index in [0.29, 0.717) is 17.9 Å². The fourth-order valence-corrected chi connectivity index (χ4v) is 4.42. The molecule has 0 spiro atoms. The van der Waals surface area contributed by atoms with E-state index >= 15 is 0 Å². The Hall–Kier alpha value is -2.09. The molecule has 5 nitrogen and oxygen atoms in total. The average molecular weight is 341 g/mol. The van der Waals surface area contributed by atoms with Crippen LogP contribution in [-0.2, 0) is 9.53 Å². The smallest absolute Gasteiger partial charge is 0.305 e. The van der Waals surface area contributed by atoms with Gasteiger partial charge < -0.3 is 9.64 Å². The Labute approximate surface area is 150 Å². The van der Waals surface area contributed by atoms with Crippen LogP contribution in [0.25, 0.3) is 0 Å². The average Bonchev–Trinajstić information content (AvgIpc) is 2.69. The number of nitrogens with zero attached hydrogens (tertiary/aromatic N) is 3. The van der Waals surface area contributed by atoms with E-state index in [-0.39, 0.29) is 5.97 Å². The Balaban J connectivity index is 1.45. The van der Waals surface area contributed by atoms with Gasteiger partial charge in [0.2, 0.25) is 0 Å². The van der Waals surface area contributed by atoms with E-state index in [9.17, 15) is 4.79 Å². The van der Waals surface area contributed by atoms with Crippen molar-refractivity contribution in [2.24, 2.45) is 17.8 Å². The van der Waals surface area contributed by atoms with Gasteiger partial charge in [0.15, 0.2) is 0 Å². The van der Waals surface area contributed by atoms with Crippen molar-refractivity contribution in [2.75, 3.05) is 25.1 Å². The van der Waals surface area contributed by atoms with Crippen molar-refractivity contribution in [3.8, 4) is 6.07 Å². The lowest BCUT2D eigenvalue weighted by atomic mass is 9.72. The van der Waals surface area contributed by atoms with Gasteiger partial charge in [0.05, 0.1) is 12.7 Å². The Morgan fingerprint density at radius 1 is 1.20 bits per heavy atom. The van der Waals surface area contributed by atoms with E-state index in [0.717, 1.165) is 43.6 Å². The fraction of sp³-hybridized carbons (Fsp3) is 0.650. The second-order valence-corrected chi connectivity index (χ2v) is 7.40. The highest BCUT2D eigenvalue weighted by Gasteiger charge is 2.31. The van der Waals surface area contributed by atoms with E-state index in [2.05, 4.69) is 16.0 Å². The highest BCUT2D eigenvalue weighted by Crippen LogP contribution is 2.39. The molecule has 0 amide bonds. The third-order valence-corrected chi connectivity index (χ3v) is 5.98. The van der Waals surface area contributed by atoms with Crippen LogP contribution in [0, 0.1) is 29.1 Å². The summed E-state index contributed by atoms with van der Waals surface area (Å²) in [6, 6.07) is 5.92. The van der Waals surface area contributed by atoms with Crippen molar-refractivity contribution in [2.45, 2.75) is 44.9 Å². The summed E-state index contributed by atoms with van der Waals surface area (Å²) in [7, 11) is 1.48. The minimum atomic E-state index is -0.0633. The number of pyridine rings is 1. The van der Waals surface area contributed by atoms with Gasteiger partial charge in [0.1, 0.15) is 11.9 Å². The number of carbonyl (C=O) groups excluding carboxylic acids is 1. The first-order valence-corrected chi connectivity index (χ1v) is 9.37. The number of hydrogen-bond acceptors (Lipinski definition) is 5. The number of ether oxygens (including phenoxy) is 1. The maximum atomic E-state index is 11.4. The predicted octanol–water partition coefficient (Wildman–Crippen LogP) is 3.54. The quantitative estimate of drug-likeness (QED) is 0.784. The van der Waals surface area contributed by atoms with Crippen molar-refractivity contribution in [3.63, 3.8) is 0 Å². The van der Waals surface area contributed by atoms with Crippen LogP contribution in [0.1, 0.15) is 50.5 Å². The molecule has 0 bridgehead atoms. The molecule has 0 unspecified atom stereocenters. The number of rotatable bonds is 4. The van der Waals surface area contributed by atoms with E-state index in [1.807, 2.05) is 12.1 Å². The van der Waals surface area contributed by atoms with Crippen LogP contribution in [-0.4, -0.2) is 31.2 Å². The molecule has 2 fully saturated rings. The summed E-state index contributed by atoms with van der Waals surface area (Å²) in [5, 5.41) is 8.87. The molecule has 1 saturated heterocycles. The lowest BCUT2D eigenvalue weighted by Crippen LogP contribution is -2.37.